The van der Waals surface area contributed by atoms with Crippen LogP contribution in [0, 0.1) is 6.92 Å². The predicted molar refractivity (Wildman–Crippen MR) is 74.6 cm³/mol. The number of aryl methyl sites for hydroxylation is 1. The van der Waals surface area contributed by atoms with Crippen molar-refractivity contribution in [3.05, 3.63) is 11.8 Å². The summed E-state index contributed by atoms with van der Waals surface area (Å²) in [6.45, 7) is 7.24. The molecule has 0 atom stereocenters. The van der Waals surface area contributed by atoms with Crippen molar-refractivity contribution in [1.29, 1.82) is 0 Å². The van der Waals surface area contributed by atoms with Crippen LogP contribution in [0.2, 0.25) is 0 Å². The number of hydrazine groups is 1. The summed E-state index contributed by atoms with van der Waals surface area (Å²) in [7, 11) is 0. The van der Waals surface area contributed by atoms with E-state index in [4.69, 9.17) is 0 Å². The zero-order chi connectivity index (χ0) is 12.8. The van der Waals surface area contributed by atoms with Crippen molar-refractivity contribution >= 4 is 11.8 Å². The Morgan fingerprint density at radius 2 is 2.00 bits per heavy atom. The van der Waals surface area contributed by atoms with E-state index < -0.39 is 0 Å². The highest BCUT2D eigenvalue weighted by Crippen LogP contribution is 2.13. The van der Waals surface area contributed by atoms with Gasteiger partial charge < -0.3 is 10.7 Å². The Bertz CT molecular complexity index is 374. The van der Waals surface area contributed by atoms with Gasteiger partial charge in [-0.2, -0.15) is 4.98 Å². The Morgan fingerprint density at radius 3 is 2.72 bits per heavy atom. The molecule has 0 spiro atoms. The van der Waals surface area contributed by atoms with Crippen LogP contribution < -0.4 is 10.7 Å². The summed E-state index contributed by atoms with van der Waals surface area (Å²) in [5.41, 5.74) is 4.37. The van der Waals surface area contributed by atoms with Crippen molar-refractivity contribution in [1.82, 2.24) is 15.0 Å². The zero-order valence-corrected chi connectivity index (χ0v) is 11.4. The van der Waals surface area contributed by atoms with E-state index in [2.05, 4.69) is 32.6 Å². The van der Waals surface area contributed by atoms with E-state index in [1.54, 1.807) is 0 Å². The number of anilines is 2. The van der Waals surface area contributed by atoms with Crippen LogP contribution in [0.4, 0.5) is 11.8 Å². The van der Waals surface area contributed by atoms with Gasteiger partial charge in [0.25, 0.3) is 0 Å². The van der Waals surface area contributed by atoms with E-state index in [9.17, 15) is 0 Å². The van der Waals surface area contributed by atoms with Crippen LogP contribution in [0.1, 0.15) is 38.3 Å². The summed E-state index contributed by atoms with van der Waals surface area (Å²) >= 11 is 0. The third kappa shape index (κ3) is 3.84. The minimum atomic E-state index is 0.719. The number of piperidine rings is 1. The monoisotopic (exact) mass is 249 g/mol. The molecule has 0 aromatic carbocycles. The number of aromatic nitrogens is 2. The second-order valence-electron chi connectivity index (χ2n) is 4.80. The number of nitrogens with one attached hydrogen (secondary N) is 2. The molecule has 2 heterocycles. The Kier molecular flexibility index (Phi) is 4.75. The Balaban J connectivity index is 1.99. The lowest BCUT2D eigenvalue weighted by atomic mass is 10.2. The van der Waals surface area contributed by atoms with Crippen LogP contribution in [0.15, 0.2) is 6.07 Å². The molecule has 0 bridgehead atoms. The van der Waals surface area contributed by atoms with Gasteiger partial charge in [0.2, 0.25) is 5.95 Å². The minimum Gasteiger partial charge on any atom is -0.354 e. The van der Waals surface area contributed by atoms with Gasteiger partial charge in [-0.15, -0.1) is 0 Å². The van der Waals surface area contributed by atoms with Gasteiger partial charge >= 0.3 is 0 Å². The third-order valence-electron chi connectivity index (χ3n) is 3.02. The smallest absolute Gasteiger partial charge is 0.224 e. The van der Waals surface area contributed by atoms with Gasteiger partial charge in [0.05, 0.1) is 0 Å². The van der Waals surface area contributed by atoms with Gasteiger partial charge in [0.1, 0.15) is 5.82 Å². The first-order valence-electron chi connectivity index (χ1n) is 6.89. The fraction of sp³-hybridized carbons (Fsp3) is 0.692. The van der Waals surface area contributed by atoms with Crippen molar-refractivity contribution < 1.29 is 0 Å². The van der Waals surface area contributed by atoms with Crippen molar-refractivity contribution in [3.8, 4) is 0 Å². The number of rotatable bonds is 5. The van der Waals surface area contributed by atoms with Gasteiger partial charge in [-0.25, -0.2) is 9.99 Å². The van der Waals surface area contributed by atoms with Crippen LogP contribution in [-0.2, 0) is 0 Å². The molecule has 1 aliphatic rings. The molecule has 0 unspecified atom stereocenters. The maximum atomic E-state index is 4.49. The molecule has 1 saturated heterocycles. The van der Waals surface area contributed by atoms with E-state index in [-0.39, 0.29) is 0 Å². The highest BCUT2D eigenvalue weighted by Gasteiger charge is 2.11. The molecule has 0 aliphatic carbocycles. The predicted octanol–water partition coefficient (Wildman–Crippen LogP) is 2.42. The van der Waals surface area contributed by atoms with Gasteiger partial charge in [0.15, 0.2) is 0 Å². The zero-order valence-electron chi connectivity index (χ0n) is 11.4. The second kappa shape index (κ2) is 6.54. The summed E-state index contributed by atoms with van der Waals surface area (Å²) in [5, 5.41) is 5.48. The molecule has 1 aromatic rings. The Morgan fingerprint density at radius 1 is 1.22 bits per heavy atom. The summed E-state index contributed by atoms with van der Waals surface area (Å²) in [4.78, 5) is 8.87. The van der Waals surface area contributed by atoms with Gasteiger partial charge in [-0.3, -0.25) is 0 Å². The summed E-state index contributed by atoms with van der Waals surface area (Å²) in [6.07, 6.45) is 4.94. The largest absolute Gasteiger partial charge is 0.354 e. The number of nitrogens with zero attached hydrogens (tertiary/aromatic N) is 3. The molecule has 1 aromatic heterocycles. The molecule has 2 N–H and O–H groups in total. The topological polar surface area (TPSA) is 53.1 Å². The standard InChI is InChI=1S/C13H23N5/c1-3-7-14-13-15-11(2)10-12(16-13)17-18-8-5-4-6-9-18/h10H,3-9H2,1-2H3,(H2,14,15,16,17). The van der Waals surface area contributed by atoms with Gasteiger partial charge in [0, 0.05) is 31.4 Å². The lowest BCUT2D eigenvalue weighted by molar-refractivity contribution is 0.272. The molecule has 100 valence electrons. The highest BCUT2D eigenvalue weighted by molar-refractivity contribution is 5.41. The quantitative estimate of drug-likeness (QED) is 0.839. The van der Waals surface area contributed by atoms with Crippen LogP contribution in [0.5, 0.6) is 0 Å². The minimum absolute atomic E-state index is 0.719. The van der Waals surface area contributed by atoms with Crippen LogP contribution in [0.3, 0.4) is 0 Å². The molecule has 5 heteroatoms. The maximum Gasteiger partial charge on any atom is 0.224 e. The average molecular weight is 249 g/mol. The number of hydrogen-bond acceptors (Lipinski definition) is 5. The summed E-state index contributed by atoms with van der Waals surface area (Å²) in [6, 6.07) is 1.99. The summed E-state index contributed by atoms with van der Waals surface area (Å²) in [5.74, 6) is 1.61. The van der Waals surface area contributed by atoms with Crippen molar-refractivity contribution in [2.24, 2.45) is 0 Å². The Labute approximate surface area is 109 Å². The van der Waals surface area contributed by atoms with Gasteiger partial charge in [-0.05, 0) is 26.2 Å². The first-order chi connectivity index (χ1) is 8.78. The van der Waals surface area contributed by atoms with Gasteiger partial charge in [-0.1, -0.05) is 13.3 Å². The van der Waals surface area contributed by atoms with E-state index in [1.165, 1.54) is 19.3 Å². The molecule has 1 aliphatic heterocycles. The van der Waals surface area contributed by atoms with Crippen LogP contribution in [-0.4, -0.2) is 34.6 Å². The fourth-order valence-electron chi connectivity index (χ4n) is 2.11. The fourth-order valence-corrected chi connectivity index (χ4v) is 2.11. The van der Waals surface area contributed by atoms with E-state index >= 15 is 0 Å². The van der Waals surface area contributed by atoms with Crippen molar-refractivity contribution in [2.45, 2.75) is 39.5 Å². The molecular weight excluding hydrogens is 226 g/mol. The molecule has 18 heavy (non-hydrogen) atoms. The first-order valence-corrected chi connectivity index (χ1v) is 6.89. The second-order valence-corrected chi connectivity index (χ2v) is 4.80. The molecule has 0 amide bonds. The first kappa shape index (κ1) is 13.1. The third-order valence-corrected chi connectivity index (χ3v) is 3.02. The van der Waals surface area contributed by atoms with E-state index in [1.807, 2.05) is 13.0 Å². The Hall–Kier alpha value is -1.36. The van der Waals surface area contributed by atoms with E-state index in [0.29, 0.717) is 0 Å². The highest BCUT2D eigenvalue weighted by atomic mass is 15.5. The van der Waals surface area contributed by atoms with Crippen molar-refractivity contribution in [2.75, 3.05) is 30.4 Å². The average Bonchev–Trinajstić information content (AvgIpc) is 2.37. The van der Waals surface area contributed by atoms with Crippen molar-refractivity contribution in [3.63, 3.8) is 0 Å². The lowest BCUT2D eigenvalue weighted by Gasteiger charge is -2.27. The molecule has 5 nitrogen and oxygen atoms in total. The molecule has 1 fully saturated rings. The molecule has 0 radical (unpaired) electrons. The van der Waals surface area contributed by atoms with Crippen LogP contribution >= 0.6 is 0 Å². The normalized spacial score (nSPS) is 16.6. The van der Waals surface area contributed by atoms with Crippen LogP contribution in [0.25, 0.3) is 0 Å². The SMILES string of the molecule is CCCNc1nc(C)cc(NN2CCCCC2)n1. The van der Waals surface area contributed by atoms with E-state index in [0.717, 1.165) is 43.5 Å². The number of hydrogen-bond donors (Lipinski definition) is 2. The lowest BCUT2D eigenvalue weighted by Crippen LogP contribution is -2.35. The maximum absolute atomic E-state index is 4.49. The summed E-state index contributed by atoms with van der Waals surface area (Å²) < 4.78 is 0. The molecular formula is C13H23N5. The molecule has 0 saturated carbocycles. The molecule has 2 rings (SSSR count).